The highest BCUT2D eigenvalue weighted by Crippen LogP contribution is 2.25. The van der Waals surface area contributed by atoms with Crippen LogP contribution in [-0.2, 0) is 19.1 Å². The molecule has 2 aromatic carbocycles. The molecule has 0 spiro atoms. The van der Waals surface area contributed by atoms with Crippen molar-refractivity contribution in [3.05, 3.63) is 58.0 Å². The summed E-state index contributed by atoms with van der Waals surface area (Å²) in [7, 11) is 0. The fourth-order valence-corrected chi connectivity index (χ4v) is 2.38. The van der Waals surface area contributed by atoms with Crippen LogP contribution in [0.3, 0.4) is 0 Å². The van der Waals surface area contributed by atoms with Gasteiger partial charge in [0.1, 0.15) is 0 Å². The Morgan fingerprint density at radius 2 is 1.62 bits per heavy atom. The van der Waals surface area contributed by atoms with Crippen LogP contribution >= 0.6 is 27.5 Å². The standard InChI is InChI=1S/C18H16BrClN2O4/c19-14-7-6-13(10-15(14)20)22-17(24)11-26-18(25)9-8-16(23)21-12-4-2-1-3-5-12/h1-7,10H,8-9,11H2,(H,21,23)(H,22,24). The summed E-state index contributed by atoms with van der Waals surface area (Å²) in [5.74, 6) is -1.43. The lowest BCUT2D eigenvalue weighted by Gasteiger charge is -2.08. The largest absolute Gasteiger partial charge is 0.456 e. The maximum absolute atomic E-state index is 11.8. The molecule has 6 nitrogen and oxygen atoms in total. The second-order valence-electron chi connectivity index (χ2n) is 5.25. The predicted octanol–water partition coefficient (Wildman–Crippen LogP) is 4.00. The molecule has 0 fully saturated rings. The molecule has 0 unspecified atom stereocenters. The van der Waals surface area contributed by atoms with Gasteiger partial charge >= 0.3 is 5.97 Å². The number of carbonyl (C=O) groups excluding carboxylic acids is 3. The number of ether oxygens (including phenoxy) is 1. The maximum Gasteiger partial charge on any atom is 0.306 e. The molecule has 136 valence electrons. The van der Waals surface area contributed by atoms with Gasteiger partial charge in [-0.15, -0.1) is 0 Å². The Morgan fingerprint density at radius 3 is 2.31 bits per heavy atom. The fourth-order valence-electron chi connectivity index (χ4n) is 1.95. The number of carbonyl (C=O) groups is 3. The summed E-state index contributed by atoms with van der Waals surface area (Å²) >= 11 is 9.18. The number of rotatable bonds is 7. The van der Waals surface area contributed by atoms with Crippen molar-refractivity contribution in [3.63, 3.8) is 0 Å². The van der Waals surface area contributed by atoms with E-state index in [1.165, 1.54) is 0 Å². The average molecular weight is 440 g/mol. The van der Waals surface area contributed by atoms with Gasteiger partial charge in [0.05, 0.1) is 11.4 Å². The minimum Gasteiger partial charge on any atom is -0.456 e. The Kier molecular flexibility index (Phi) is 7.62. The summed E-state index contributed by atoms with van der Waals surface area (Å²) in [5.41, 5.74) is 1.14. The first-order chi connectivity index (χ1) is 12.4. The second-order valence-corrected chi connectivity index (χ2v) is 6.51. The number of halogens is 2. The van der Waals surface area contributed by atoms with Gasteiger partial charge in [-0.2, -0.15) is 0 Å². The topological polar surface area (TPSA) is 84.5 Å². The first-order valence-electron chi connectivity index (χ1n) is 7.69. The van der Waals surface area contributed by atoms with Crippen LogP contribution in [0.2, 0.25) is 5.02 Å². The number of hydrogen-bond acceptors (Lipinski definition) is 4. The van der Waals surface area contributed by atoms with Crippen molar-refractivity contribution in [2.75, 3.05) is 17.2 Å². The Balaban J connectivity index is 1.68. The zero-order valence-corrected chi connectivity index (χ0v) is 16.0. The third-order valence-corrected chi connectivity index (χ3v) is 4.41. The number of para-hydroxylation sites is 1. The molecule has 0 atom stereocenters. The van der Waals surface area contributed by atoms with E-state index in [2.05, 4.69) is 26.6 Å². The fraction of sp³-hybridized carbons (Fsp3) is 0.167. The van der Waals surface area contributed by atoms with Crippen molar-refractivity contribution < 1.29 is 19.1 Å². The van der Waals surface area contributed by atoms with Gasteiger partial charge in [0.15, 0.2) is 6.61 Å². The minimum absolute atomic E-state index is 0.0301. The highest BCUT2D eigenvalue weighted by molar-refractivity contribution is 9.10. The smallest absolute Gasteiger partial charge is 0.306 e. The zero-order valence-electron chi connectivity index (χ0n) is 13.6. The molecule has 0 aromatic heterocycles. The lowest BCUT2D eigenvalue weighted by molar-refractivity contribution is -0.147. The van der Waals surface area contributed by atoms with Crippen molar-refractivity contribution in [2.24, 2.45) is 0 Å². The summed E-state index contributed by atoms with van der Waals surface area (Å²) < 4.78 is 5.56. The molecule has 2 amide bonds. The summed E-state index contributed by atoms with van der Waals surface area (Å²) in [4.78, 5) is 35.2. The lowest BCUT2D eigenvalue weighted by Crippen LogP contribution is -2.21. The Hall–Kier alpha value is -2.38. The molecule has 0 aliphatic rings. The summed E-state index contributed by atoms with van der Waals surface area (Å²) in [6.07, 6.45) is -0.145. The van der Waals surface area contributed by atoms with Gasteiger partial charge in [-0.1, -0.05) is 29.8 Å². The summed E-state index contributed by atoms with van der Waals surface area (Å²) in [5, 5.41) is 5.67. The third-order valence-electron chi connectivity index (χ3n) is 3.18. The molecular weight excluding hydrogens is 424 g/mol. The van der Waals surface area contributed by atoms with E-state index in [-0.39, 0.29) is 18.7 Å². The molecule has 2 rings (SSSR count). The molecule has 0 aliphatic carbocycles. The first-order valence-corrected chi connectivity index (χ1v) is 8.86. The number of anilines is 2. The molecule has 2 aromatic rings. The van der Waals surface area contributed by atoms with Crippen molar-refractivity contribution in [1.29, 1.82) is 0 Å². The highest BCUT2D eigenvalue weighted by atomic mass is 79.9. The minimum atomic E-state index is -0.628. The predicted molar refractivity (Wildman–Crippen MR) is 103 cm³/mol. The monoisotopic (exact) mass is 438 g/mol. The van der Waals surface area contributed by atoms with Crippen molar-refractivity contribution >= 4 is 56.7 Å². The highest BCUT2D eigenvalue weighted by Gasteiger charge is 2.11. The van der Waals surface area contributed by atoms with Gasteiger partial charge in [0, 0.05) is 22.3 Å². The summed E-state index contributed by atoms with van der Waals surface area (Å²) in [6, 6.07) is 13.8. The number of nitrogens with one attached hydrogen (secondary N) is 2. The Morgan fingerprint density at radius 1 is 0.923 bits per heavy atom. The van der Waals surface area contributed by atoms with Gasteiger partial charge < -0.3 is 15.4 Å². The van der Waals surface area contributed by atoms with Crippen LogP contribution in [0.5, 0.6) is 0 Å². The lowest BCUT2D eigenvalue weighted by atomic mass is 10.2. The molecule has 0 aliphatic heterocycles. The van der Waals surface area contributed by atoms with E-state index >= 15 is 0 Å². The Labute approximate surface area is 164 Å². The van der Waals surface area contributed by atoms with Gasteiger partial charge in [0.2, 0.25) is 5.91 Å². The number of amides is 2. The number of esters is 1. The molecule has 8 heteroatoms. The van der Waals surface area contributed by atoms with Gasteiger partial charge in [-0.3, -0.25) is 14.4 Å². The summed E-state index contributed by atoms with van der Waals surface area (Å²) in [6.45, 7) is -0.438. The quantitative estimate of drug-likeness (QED) is 0.639. The first kappa shape index (κ1) is 19.9. The van der Waals surface area contributed by atoms with Gasteiger partial charge in [0.25, 0.3) is 5.91 Å². The van der Waals surface area contributed by atoms with E-state index in [4.69, 9.17) is 16.3 Å². The van der Waals surface area contributed by atoms with E-state index in [1.807, 2.05) is 6.07 Å². The van der Waals surface area contributed by atoms with Gasteiger partial charge in [-0.25, -0.2) is 0 Å². The van der Waals surface area contributed by atoms with E-state index in [9.17, 15) is 14.4 Å². The number of hydrogen-bond donors (Lipinski definition) is 2. The molecular formula is C18H16BrClN2O4. The van der Waals surface area contributed by atoms with E-state index in [0.717, 1.165) is 0 Å². The van der Waals surface area contributed by atoms with Crippen LogP contribution in [0, 0.1) is 0 Å². The van der Waals surface area contributed by atoms with Crippen molar-refractivity contribution in [2.45, 2.75) is 12.8 Å². The molecule has 0 heterocycles. The van der Waals surface area contributed by atoms with Crippen LogP contribution < -0.4 is 10.6 Å². The SMILES string of the molecule is O=C(CCC(=O)OCC(=O)Nc1ccc(Br)c(Cl)c1)Nc1ccccc1. The average Bonchev–Trinajstić information content (AvgIpc) is 2.62. The normalized spacial score (nSPS) is 10.1. The maximum atomic E-state index is 11.8. The van der Waals surface area contributed by atoms with E-state index in [1.54, 1.807) is 42.5 Å². The third kappa shape index (κ3) is 6.85. The second kappa shape index (κ2) is 9.94. The van der Waals surface area contributed by atoms with Crippen molar-refractivity contribution in [3.8, 4) is 0 Å². The molecule has 0 saturated heterocycles. The molecule has 0 bridgehead atoms. The van der Waals surface area contributed by atoms with E-state index in [0.29, 0.717) is 20.9 Å². The van der Waals surface area contributed by atoms with Crippen LogP contribution in [0.4, 0.5) is 11.4 Å². The molecule has 26 heavy (non-hydrogen) atoms. The van der Waals surface area contributed by atoms with E-state index < -0.39 is 18.5 Å². The van der Waals surface area contributed by atoms with Crippen LogP contribution in [0.25, 0.3) is 0 Å². The molecule has 0 radical (unpaired) electrons. The Bertz CT molecular complexity index is 799. The molecule has 0 saturated carbocycles. The number of benzene rings is 2. The van der Waals surface area contributed by atoms with Gasteiger partial charge in [-0.05, 0) is 46.3 Å². The van der Waals surface area contributed by atoms with Crippen LogP contribution in [0.15, 0.2) is 53.0 Å². The van der Waals surface area contributed by atoms with Crippen LogP contribution in [0.1, 0.15) is 12.8 Å². The van der Waals surface area contributed by atoms with Crippen LogP contribution in [-0.4, -0.2) is 24.4 Å². The zero-order chi connectivity index (χ0) is 18.9. The molecule has 2 N–H and O–H groups in total. The van der Waals surface area contributed by atoms with Crippen molar-refractivity contribution in [1.82, 2.24) is 0 Å².